The van der Waals surface area contributed by atoms with Gasteiger partial charge in [-0.15, -0.1) is 0 Å². The number of hydrogen-bond donors (Lipinski definition) is 1. The van der Waals surface area contributed by atoms with Crippen LogP contribution in [0.2, 0.25) is 0 Å². The summed E-state index contributed by atoms with van der Waals surface area (Å²) in [4.78, 5) is 24.8. The average molecular weight is 291 g/mol. The SMILES string of the molecule is Cc1ccc(CCC(=O)N2CC(C(=O)O)O[C@H](C)C2)cc1. The van der Waals surface area contributed by atoms with Crippen LogP contribution in [0.15, 0.2) is 24.3 Å². The van der Waals surface area contributed by atoms with Crippen LogP contribution in [0.4, 0.5) is 0 Å². The van der Waals surface area contributed by atoms with Gasteiger partial charge in [0, 0.05) is 13.0 Å². The molecule has 1 saturated heterocycles. The lowest BCUT2D eigenvalue weighted by Gasteiger charge is -2.35. The zero-order chi connectivity index (χ0) is 15.4. The highest BCUT2D eigenvalue weighted by atomic mass is 16.5. The molecule has 2 atom stereocenters. The fraction of sp³-hybridized carbons (Fsp3) is 0.500. The van der Waals surface area contributed by atoms with Crippen LogP contribution in [0.3, 0.4) is 0 Å². The van der Waals surface area contributed by atoms with E-state index in [1.54, 1.807) is 11.8 Å². The summed E-state index contributed by atoms with van der Waals surface area (Å²) in [5, 5.41) is 9.03. The van der Waals surface area contributed by atoms with E-state index < -0.39 is 12.1 Å². The summed E-state index contributed by atoms with van der Waals surface area (Å²) in [7, 11) is 0. The van der Waals surface area contributed by atoms with Crippen molar-refractivity contribution in [1.29, 1.82) is 0 Å². The number of morpholine rings is 1. The number of amides is 1. The zero-order valence-electron chi connectivity index (χ0n) is 12.4. The first-order valence-electron chi connectivity index (χ1n) is 7.17. The summed E-state index contributed by atoms with van der Waals surface area (Å²) in [6.45, 7) is 4.40. The highest BCUT2D eigenvalue weighted by Gasteiger charge is 2.32. The summed E-state index contributed by atoms with van der Waals surface area (Å²) < 4.78 is 5.31. The van der Waals surface area contributed by atoms with Crippen LogP contribution in [-0.2, 0) is 20.7 Å². The van der Waals surface area contributed by atoms with Gasteiger partial charge in [-0.25, -0.2) is 4.79 Å². The fourth-order valence-electron chi connectivity index (χ4n) is 2.46. The van der Waals surface area contributed by atoms with Gasteiger partial charge in [-0.05, 0) is 25.8 Å². The van der Waals surface area contributed by atoms with E-state index in [1.165, 1.54) is 5.56 Å². The van der Waals surface area contributed by atoms with E-state index in [0.29, 0.717) is 19.4 Å². The Morgan fingerprint density at radius 1 is 1.29 bits per heavy atom. The van der Waals surface area contributed by atoms with E-state index in [4.69, 9.17) is 9.84 Å². The maximum atomic E-state index is 12.2. The van der Waals surface area contributed by atoms with Crippen LogP contribution in [-0.4, -0.2) is 47.2 Å². The van der Waals surface area contributed by atoms with Gasteiger partial charge in [0.25, 0.3) is 0 Å². The molecule has 0 aliphatic carbocycles. The number of benzene rings is 1. The van der Waals surface area contributed by atoms with E-state index in [0.717, 1.165) is 5.56 Å². The van der Waals surface area contributed by atoms with Gasteiger partial charge in [-0.1, -0.05) is 29.8 Å². The molecule has 0 saturated carbocycles. The number of carbonyl (C=O) groups excluding carboxylic acids is 1. The quantitative estimate of drug-likeness (QED) is 0.915. The van der Waals surface area contributed by atoms with Crippen LogP contribution in [0.1, 0.15) is 24.5 Å². The Morgan fingerprint density at radius 3 is 2.57 bits per heavy atom. The van der Waals surface area contributed by atoms with Crippen molar-refractivity contribution in [1.82, 2.24) is 4.90 Å². The largest absolute Gasteiger partial charge is 0.479 e. The molecule has 21 heavy (non-hydrogen) atoms. The third kappa shape index (κ3) is 4.29. The maximum absolute atomic E-state index is 12.2. The monoisotopic (exact) mass is 291 g/mol. The van der Waals surface area contributed by atoms with E-state index in [-0.39, 0.29) is 18.6 Å². The summed E-state index contributed by atoms with van der Waals surface area (Å²) in [6.07, 6.45) is -0.106. The molecule has 0 bridgehead atoms. The standard InChI is InChI=1S/C16H21NO4/c1-11-3-5-13(6-4-11)7-8-15(18)17-9-12(2)21-14(10-17)16(19)20/h3-6,12,14H,7-10H2,1-2H3,(H,19,20)/t12-,14?/m1/s1. The molecule has 1 aromatic carbocycles. The van der Waals surface area contributed by atoms with Gasteiger partial charge in [0.05, 0.1) is 12.6 Å². The average Bonchev–Trinajstić information content (AvgIpc) is 2.45. The first-order valence-corrected chi connectivity index (χ1v) is 7.17. The molecule has 114 valence electrons. The molecular weight excluding hydrogens is 270 g/mol. The Kier molecular flexibility index (Phi) is 4.96. The molecule has 1 unspecified atom stereocenters. The van der Waals surface area contributed by atoms with Gasteiger partial charge in [0.1, 0.15) is 0 Å². The van der Waals surface area contributed by atoms with E-state index >= 15 is 0 Å². The smallest absolute Gasteiger partial charge is 0.334 e. The number of carbonyl (C=O) groups is 2. The molecule has 1 heterocycles. The summed E-state index contributed by atoms with van der Waals surface area (Å²) in [6, 6.07) is 8.09. The van der Waals surface area contributed by atoms with Crippen molar-refractivity contribution in [3.63, 3.8) is 0 Å². The molecular formula is C16H21NO4. The molecule has 1 aromatic rings. The van der Waals surface area contributed by atoms with Gasteiger partial charge in [-0.3, -0.25) is 4.79 Å². The van der Waals surface area contributed by atoms with Crippen molar-refractivity contribution in [3.05, 3.63) is 35.4 Å². The lowest BCUT2D eigenvalue weighted by molar-refractivity contribution is -0.166. The number of carboxylic acid groups (broad SMARTS) is 1. The minimum absolute atomic E-state index is 0.0167. The van der Waals surface area contributed by atoms with E-state index in [9.17, 15) is 9.59 Å². The highest BCUT2D eigenvalue weighted by molar-refractivity contribution is 5.79. The minimum atomic E-state index is -1.02. The topological polar surface area (TPSA) is 66.8 Å². The lowest BCUT2D eigenvalue weighted by atomic mass is 10.1. The maximum Gasteiger partial charge on any atom is 0.334 e. The number of nitrogens with zero attached hydrogens (tertiary/aromatic N) is 1. The van der Waals surface area contributed by atoms with Gasteiger partial charge >= 0.3 is 5.97 Å². The predicted octanol–water partition coefficient (Wildman–Crippen LogP) is 1.63. The Hall–Kier alpha value is -1.88. The van der Waals surface area contributed by atoms with Crippen LogP contribution in [0, 0.1) is 6.92 Å². The first-order chi connectivity index (χ1) is 9.95. The van der Waals surface area contributed by atoms with Crippen molar-refractivity contribution in [2.45, 2.75) is 38.9 Å². The normalized spacial score (nSPS) is 22.1. The van der Waals surface area contributed by atoms with Crippen LogP contribution >= 0.6 is 0 Å². The summed E-state index contributed by atoms with van der Waals surface area (Å²) >= 11 is 0. The number of ether oxygens (including phenoxy) is 1. The third-order valence-corrected chi connectivity index (χ3v) is 3.64. The molecule has 1 N–H and O–H groups in total. The molecule has 5 nitrogen and oxygen atoms in total. The number of hydrogen-bond acceptors (Lipinski definition) is 3. The van der Waals surface area contributed by atoms with Crippen molar-refractivity contribution < 1.29 is 19.4 Å². The molecule has 5 heteroatoms. The first kappa shape index (κ1) is 15.5. The molecule has 0 spiro atoms. The van der Waals surface area contributed by atoms with Crippen molar-refractivity contribution in [3.8, 4) is 0 Å². The van der Waals surface area contributed by atoms with Crippen LogP contribution in [0.25, 0.3) is 0 Å². The summed E-state index contributed by atoms with van der Waals surface area (Å²) in [5.41, 5.74) is 2.31. The van der Waals surface area contributed by atoms with Gasteiger partial charge in [0.2, 0.25) is 5.91 Å². The number of aryl methyl sites for hydroxylation is 2. The number of aliphatic carboxylic acids is 1. The Morgan fingerprint density at radius 2 is 1.95 bits per heavy atom. The van der Waals surface area contributed by atoms with Gasteiger partial charge in [-0.2, -0.15) is 0 Å². The second-order valence-electron chi connectivity index (χ2n) is 5.56. The fourth-order valence-corrected chi connectivity index (χ4v) is 2.46. The van der Waals surface area contributed by atoms with E-state index in [2.05, 4.69) is 0 Å². The molecule has 1 fully saturated rings. The lowest BCUT2D eigenvalue weighted by Crippen LogP contribution is -2.51. The summed E-state index contributed by atoms with van der Waals surface area (Å²) in [5.74, 6) is -1.03. The van der Waals surface area contributed by atoms with E-state index in [1.807, 2.05) is 31.2 Å². The number of carboxylic acids is 1. The van der Waals surface area contributed by atoms with Crippen molar-refractivity contribution >= 4 is 11.9 Å². The van der Waals surface area contributed by atoms with Crippen molar-refractivity contribution in [2.24, 2.45) is 0 Å². The second-order valence-corrected chi connectivity index (χ2v) is 5.56. The Bertz CT molecular complexity index is 512. The Balaban J connectivity index is 1.90. The van der Waals surface area contributed by atoms with Gasteiger partial charge in [0.15, 0.2) is 6.10 Å². The molecule has 1 aliphatic heterocycles. The second kappa shape index (κ2) is 6.72. The molecule has 1 aliphatic rings. The third-order valence-electron chi connectivity index (χ3n) is 3.64. The minimum Gasteiger partial charge on any atom is -0.479 e. The van der Waals surface area contributed by atoms with Gasteiger partial charge < -0.3 is 14.7 Å². The van der Waals surface area contributed by atoms with Crippen LogP contribution < -0.4 is 0 Å². The number of rotatable bonds is 4. The predicted molar refractivity (Wildman–Crippen MR) is 78.1 cm³/mol. The zero-order valence-corrected chi connectivity index (χ0v) is 12.4. The Labute approximate surface area is 124 Å². The molecule has 0 aromatic heterocycles. The molecule has 0 radical (unpaired) electrons. The molecule has 1 amide bonds. The van der Waals surface area contributed by atoms with Crippen molar-refractivity contribution in [2.75, 3.05) is 13.1 Å². The highest BCUT2D eigenvalue weighted by Crippen LogP contribution is 2.14. The van der Waals surface area contributed by atoms with Crippen LogP contribution in [0.5, 0.6) is 0 Å². The molecule has 2 rings (SSSR count).